The minimum Gasteiger partial charge on any atom is -0.488 e. The van der Waals surface area contributed by atoms with Crippen LogP contribution in [0.1, 0.15) is 11.1 Å². The molecule has 0 aliphatic heterocycles. The number of fused-ring (bicyclic) bond motifs is 1. The lowest BCUT2D eigenvalue weighted by molar-refractivity contribution is -0.139. The first-order valence-electron chi connectivity index (χ1n) is 6.50. The molecule has 2 N–H and O–H groups in total. The molecule has 6 heteroatoms. The largest absolute Gasteiger partial charge is 0.488 e. The van der Waals surface area contributed by atoms with E-state index in [-0.39, 0.29) is 12.4 Å². The van der Waals surface area contributed by atoms with Gasteiger partial charge in [0.1, 0.15) is 17.9 Å². The summed E-state index contributed by atoms with van der Waals surface area (Å²) in [7, 11) is 0. The van der Waals surface area contributed by atoms with E-state index in [9.17, 15) is 13.2 Å². The first-order chi connectivity index (χ1) is 10.4. The van der Waals surface area contributed by atoms with E-state index in [1.54, 1.807) is 18.2 Å². The number of hydrogen-bond acceptors (Lipinski definition) is 3. The van der Waals surface area contributed by atoms with Crippen molar-refractivity contribution in [3.05, 3.63) is 59.9 Å². The number of alkyl halides is 3. The summed E-state index contributed by atoms with van der Waals surface area (Å²) in [5.74, 6) is -0.209. The Hall–Kier alpha value is -2.63. The minimum atomic E-state index is -4.45. The number of furan rings is 1. The van der Waals surface area contributed by atoms with Gasteiger partial charge in [0.2, 0.25) is 0 Å². The lowest BCUT2D eigenvalue weighted by Crippen LogP contribution is -2.08. The number of halogens is 3. The Morgan fingerprint density at radius 1 is 1.09 bits per heavy atom. The van der Waals surface area contributed by atoms with E-state index in [0.717, 1.165) is 11.5 Å². The highest BCUT2D eigenvalue weighted by molar-refractivity contribution is 5.83. The number of nitrogen functional groups attached to an aromatic ring is 1. The number of anilines is 1. The average molecular weight is 307 g/mol. The molecule has 114 valence electrons. The molecule has 0 aliphatic carbocycles. The molecule has 0 amide bonds. The van der Waals surface area contributed by atoms with E-state index < -0.39 is 11.7 Å². The SMILES string of the molecule is Nc1ccc2c(COc3ccccc3C(F)(F)F)coc2c1. The summed E-state index contributed by atoms with van der Waals surface area (Å²) < 4.78 is 49.4. The van der Waals surface area contributed by atoms with Crippen LogP contribution in [0.5, 0.6) is 5.75 Å². The van der Waals surface area contributed by atoms with Crippen LogP contribution in [-0.2, 0) is 12.8 Å². The molecule has 0 atom stereocenters. The number of rotatable bonds is 3. The van der Waals surface area contributed by atoms with Crippen molar-refractivity contribution in [2.45, 2.75) is 12.8 Å². The van der Waals surface area contributed by atoms with Crippen molar-refractivity contribution in [3.63, 3.8) is 0 Å². The third kappa shape index (κ3) is 2.72. The smallest absolute Gasteiger partial charge is 0.419 e. The molecule has 0 unspecified atom stereocenters. The van der Waals surface area contributed by atoms with Gasteiger partial charge >= 0.3 is 6.18 Å². The predicted molar refractivity (Wildman–Crippen MR) is 76.4 cm³/mol. The van der Waals surface area contributed by atoms with Gasteiger partial charge in [-0.15, -0.1) is 0 Å². The van der Waals surface area contributed by atoms with Gasteiger partial charge in [-0.25, -0.2) is 0 Å². The Morgan fingerprint density at radius 3 is 2.64 bits per heavy atom. The van der Waals surface area contributed by atoms with Gasteiger partial charge in [0, 0.05) is 22.7 Å². The Bertz CT molecular complexity index is 809. The van der Waals surface area contributed by atoms with Crippen LogP contribution in [0.4, 0.5) is 18.9 Å². The monoisotopic (exact) mass is 307 g/mol. The van der Waals surface area contributed by atoms with Gasteiger partial charge in [0.15, 0.2) is 0 Å². The van der Waals surface area contributed by atoms with Crippen molar-refractivity contribution in [1.82, 2.24) is 0 Å². The summed E-state index contributed by atoms with van der Waals surface area (Å²) in [4.78, 5) is 0. The molecule has 3 nitrogen and oxygen atoms in total. The third-order valence-electron chi connectivity index (χ3n) is 3.26. The molecule has 1 aromatic heterocycles. The van der Waals surface area contributed by atoms with Gasteiger partial charge in [0.05, 0.1) is 11.8 Å². The highest BCUT2D eigenvalue weighted by Gasteiger charge is 2.34. The maximum Gasteiger partial charge on any atom is 0.419 e. The van der Waals surface area contributed by atoms with Crippen LogP contribution in [0.15, 0.2) is 53.1 Å². The zero-order valence-electron chi connectivity index (χ0n) is 11.4. The summed E-state index contributed by atoms with van der Waals surface area (Å²) in [6.07, 6.45) is -3.00. The van der Waals surface area contributed by atoms with Crippen molar-refractivity contribution in [2.24, 2.45) is 0 Å². The molecule has 3 rings (SSSR count). The Morgan fingerprint density at radius 2 is 1.86 bits per heavy atom. The second kappa shape index (κ2) is 5.29. The van der Waals surface area contributed by atoms with E-state index in [4.69, 9.17) is 14.9 Å². The maximum atomic E-state index is 12.9. The van der Waals surface area contributed by atoms with Crippen LogP contribution in [-0.4, -0.2) is 0 Å². The Labute approximate surface area is 124 Å². The molecule has 0 saturated carbocycles. The average Bonchev–Trinajstić information content (AvgIpc) is 2.86. The fraction of sp³-hybridized carbons (Fsp3) is 0.125. The molecule has 0 radical (unpaired) electrons. The van der Waals surface area contributed by atoms with Gasteiger partial charge in [-0.1, -0.05) is 12.1 Å². The fourth-order valence-corrected chi connectivity index (χ4v) is 2.19. The summed E-state index contributed by atoms with van der Waals surface area (Å²) in [6, 6.07) is 10.2. The molecule has 0 spiro atoms. The topological polar surface area (TPSA) is 48.4 Å². The van der Waals surface area contributed by atoms with Crippen LogP contribution in [0.3, 0.4) is 0 Å². The van der Waals surface area contributed by atoms with E-state index in [1.165, 1.54) is 24.5 Å². The molecule has 0 bridgehead atoms. The summed E-state index contributed by atoms with van der Waals surface area (Å²) in [6.45, 7) is -0.0238. The van der Waals surface area contributed by atoms with E-state index >= 15 is 0 Å². The third-order valence-corrected chi connectivity index (χ3v) is 3.26. The van der Waals surface area contributed by atoms with Crippen LogP contribution < -0.4 is 10.5 Å². The zero-order chi connectivity index (χ0) is 15.7. The van der Waals surface area contributed by atoms with Crippen molar-refractivity contribution >= 4 is 16.7 Å². The first-order valence-corrected chi connectivity index (χ1v) is 6.50. The zero-order valence-corrected chi connectivity index (χ0v) is 11.4. The van der Waals surface area contributed by atoms with Gasteiger partial charge in [-0.05, 0) is 24.3 Å². The number of hydrogen-bond donors (Lipinski definition) is 1. The lowest BCUT2D eigenvalue weighted by atomic mass is 10.1. The quantitative estimate of drug-likeness (QED) is 0.719. The summed E-state index contributed by atoms with van der Waals surface area (Å²) in [5, 5.41) is 0.763. The maximum absolute atomic E-state index is 12.9. The standard InChI is InChI=1S/C16H12F3NO2/c17-16(18,19)13-3-1-2-4-14(13)21-8-10-9-22-15-7-11(20)5-6-12(10)15/h1-7,9H,8,20H2. The molecule has 2 aromatic carbocycles. The molecule has 3 aromatic rings. The summed E-state index contributed by atoms with van der Waals surface area (Å²) in [5.41, 5.74) is 6.63. The molecule has 1 heterocycles. The lowest BCUT2D eigenvalue weighted by Gasteiger charge is -2.13. The number of para-hydroxylation sites is 1. The van der Waals surface area contributed by atoms with Crippen molar-refractivity contribution in [3.8, 4) is 5.75 Å². The normalized spacial score (nSPS) is 11.8. The van der Waals surface area contributed by atoms with Crippen LogP contribution >= 0.6 is 0 Å². The first kappa shape index (κ1) is 14.3. The van der Waals surface area contributed by atoms with E-state index in [0.29, 0.717) is 16.8 Å². The number of ether oxygens (including phenoxy) is 1. The second-order valence-corrected chi connectivity index (χ2v) is 4.80. The Kier molecular flexibility index (Phi) is 3.44. The number of benzene rings is 2. The molecule has 0 fully saturated rings. The molecular formula is C16H12F3NO2. The van der Waals surface area contributed by atoms with Crippen LogP contribution in [0.2, 0.25) is 0 Å². The van der Waals surface area contributed by atoms with Crippen LogP contribution in [0, 0.1) is 0 Å². The summed E-state index contributed by atoms with van der Waals surface area (Å²) >= 11 is 0. The highest BCUT2D eigenvalue weighted by atomic mass is 19.4. The van der Waals surface area contributed by atoms with Crippen molar-refractivity contribution in [2.75, 3.05) is 5.73 Å². The van der Waals surface area contributed by atoms with Gasteiger partial charge in [-0.2, -0.15) is 13.2 Å². The van der Waals surface area contributed by atoms with Crippen molar-refractivity contribution < 1.29 is 22.3 Å². The molecule has 0 aliphatic rings. The van der Waals surface area contributed by atoms with Gasteiger partial charge in [-0.3, -0.25) is 0 Å². The minimum absolute atomic E-state index is 0.0238. The van der Waals surface area contributed by atoms with Gasteiger partial charge < -0.3 is 14.9 Å². The highest BCUT2D eigenvalue weighted by Crippen LogP contribution is 2.36. The Balaban J connectivity index is 1.86. The molecule has 0 saturated heterocycles. The second-order valence-electron chi connectivity index (χ2n) is 4.80. The number of nitrogens with two attached hydrogens (primary N) is 1. The molecule has 22 heavy (non-hydrogen) atoms. The predicted octanol–water partition coefficient (Wildman–Crippen LogP) is 4.61. The van der Waals surface area contributed by atoms with E-state index in [2.05, 4.69) is 0 Å². The van der Waals surface area contributed by atoms with E-state index in [1.807, 2.05) is 0 Å². The molecular weight excluding hydrogens is 295 g/mol. The van der Waals surface area contributed by atoms with Crippen molar-refractivity contribution in [1.29, 1.82) is 0 Å². The van der Waals surface area contributed by atoms with Crippen LogP contribution in [0.25, 0.3) is 11.0 Å². The fourth-order valence-electron chi connectivity index (χ4n) is 2.19. The van der Waals surface area contributed by atoms with Gasteiger partial charge in [0.25, 0.3) is 0 Å².